The Kier molecular flexibility index (Phi) is 3.38. The smallest absolute Gasteiger partial charge is 0.163 e. The number of nitrogens with one attached hydrogen (secondary N) is 1. The van der Waals surface area contributed by atoms with E-state index in [1.54, 1.807) is 6.33 Å². The SMILES string of the molecule is O=C1CCc2c(NCc3ncnn3-c3ccccc3)cccc21. The van der Waals surface area contributed by atoms with Crippen LogP contribution in [0.2, 0.25) is 0 Å². The number of carbonyl (C=O) groups is 1. The van der Waals surface area contributed by atoms with Gasteiger partial charge in [-0.15, -0.1) is 0 Å². The third-order valence-electron chi connectivity index (χ3n) is 4.13. The van der Waals surface area contributed by atoms with Gasteiger partial charge in [-0.05, 0) is 30.2 Å². The molecule has 0 amide bonds. The summed E-state index contributed by atoms with van der Waals surface area (Å²) in [6, 6.07) is 15.8. The molecule has 0 spiro atoms. The molecule has 0 bridgehead atoms. The zero-order chi connectivity index (χ0) is 15.6. The first-order valence-corrected chi connectivity index (χ1v) is 7.66. The fourth-order valence-corrected chi connectivity index (χ4v) is 3.00. The van der Waals surface area contributed by atoms with E-state index in [9.17, 15) is 4.79 Å². The molecule has 0 saturated heterocycles. The van der Waals surface area contributed by atoms with Gasteiger partial charge in [0.15, 0.2) is 11.6 Å². The molecule has 2 aromatic carbocycles. The van der Waals surface area contributed by atoms with Crippen LogP contribution in [0.25, 0.3) is 5.69 Å². The van der Waals surface area contributed by atoms with Gasteiger partial charge in [0, 0.05) is 17.7 Å². The fraction of sp³-hybridized carbons (Fsp3) is 0.167. The van der Waals surface area contributed by atoms with Gasteiger partial charge < -0.3 is 5.32 Å². The van der Waals surface area contributed by atoms with Crippen LogP contribution in [0, 0.1) is 0 Å². The van der Waals surface area contributed by atoms with Crippen molar-refractivity contribution in [3.63, 3.8) is 0 Å². The van der Waals surface area contributed by atoms with Crippen LogP contribution in [0.5, 0.6) is 0 Å². The average molecular weight is 304 g/mol. The molecule has 5 heteroatoms. The molecule has 0 saturated carbocycles. The lowest BCUT2D eigenvalue weighted by Crippen LogP contribution is -2.09. The summed E-state index contributed by atoms with van der Waals surface area (Å²) < 4.78 is 1.82. The van der Waals surface area contributed by atoms with Crippen molar-refractivity contribution in [2.45, 2.75) is 19.4 Å². The van der Waals surface area contributed by atoms with Crippen LogP contribution in [0.1, 0.15) is 28.2 Å². The van der Waals surface area contributed by atoms with Crippen molar-refractivity contribution in [1.82, 2.24) is 14.8 Å². The number of carbonyl (C=O) groups excluding carboxylic acids is 1. The van der Waals surface area contributed by atoms with Crippen molar-refractivity contribution in [3.05, 3.63) is 71.8 Å². The number of ketones is 1. The Morgan fingerprint density at radius 2 is 1.91 bits per heavy atom. The van der Waals surface area contributed by atoms with Crippen molar-refractivity contribution in [1.29, 1.82) is 0 Å². The second-order valence-electron chi connectivity index (χ2n) is 5.53. The van der Waals surface area contributed by atoms with Crippen LogP contribution in [-0.4, -0.2) is 20.5 Å². The molecule has 23 heavy (non-hydrogen) atoms. The van der Waals surface area contributed by atoms with E-state index in [1.807, 2.05) is 53.2 Å². The molecule has 114 valence electrons. The minimum Gasteiger partial charge on any atom is -0.377 e. The van der Waals surface area contributed by atoms with Gasteiger partial charge >= 0.3 is 0 Å². The minimum absolute atomic E-state index is 0.233. The standard InChI is InChI=1S/C18H16N4O/c23-17-10-9-14-15(17)7-4-8-16(14)19-11-18-20-12-21-22(18)13-5-2-1-3-6-13/h1-8,12,19H,9-11H2. The van der Waals surface area contributed by atoms with Crippen LogP contribution in [-0.2, 0) is 13.0 Å². The average Bonchev–Trinajstić information content (AvgIpc) is 3.21. The normalized spacial score (nSPS) is 13.1. The molecule has 1 aromatic heterocycles. The van der Waals surface area contributed by atoms with Crippen LogP contribution >= 0.6 is 0 Å². The maximum Gasteiger partial charge on any atom is 0.163 e. The van der Waals surface area contributed by atoms with E-state index in [1.165, 1.54) is 0 Å². The van der Waals surface area contributed by atoms with E-state index in [0.717, 1.165) is 34.7 Å². The minimum atomic E-state index is 0.233. The monoisotopic (exact) mass is 304 g/mol. The molecule has 0 radical (unpaired) electrons. The molecule has 3 aromatic rings. The first kappa shape index (κ1) is 13.7. The first-order chi connectivity index (χ1) is 11.3. The fourth-order valence-electron chi connectivity index (χ4n) is 3.00. The highest BCUT2D eigenvalue weighted by atomic mass is 16.1. The van der Waals surface area contributed by atoms with Gasteiger partial charge in [-0.2, -0.15) is 5.10 Å². The largest absolute Gasteiger partial charge is 0.377 e. The van der Waals surface area contributed by atoms with Gasteiger partial charge in [0.25, 0.3) is 0 Å². The van der Waals surface area contributed by atoms with Gasteiger partial charge in [-0.1, -0.05) is 30.3 Å². The quantitative estimate of drug-likeness (QED) is 0.805. The molecule has 1 aliphatic carbocycles. The molecule has 1 N–H and O–H groups in total. The van der Waals surface area contributed by atoms with Crippen LogP contribution < -0.4 is 5.32 Å². The van der Waals surface area contributed by atoms with Crippen molar-refractivity contribution >= 4 is 11.5 Å². The number of anilines is 1. The predicted molar refractivity (Wildman–Crippen MR) is 87.8 cm³/mol. The molecule has 5 nitrogen and oxygen atoms in total. The van der Waals surface area contributed by atoms with E-state index >= 15 is 0 Å². The zero-order valence-corrected chi connectivity index (χ0v) is 12.6. The third kappa shape index (κ3) is 2.50. The summed E-state index contributed by atoms with van der Waals surface area (Å²) in [6.07, 6.45) is 2.97. The van der Waals surface area contributed by atoms with Crippen molar-refractivity contribution in [3.8, 4) is 5.69 Å². The molecular formula is C18H16N4O. The molecule has 0 atom stereocenters. The van der Waals surface area contributed by atoms with Gasteiger partial charge in [0.2, 0.25) is 0 Å². The van der Waals surface area contributed by atoms with E-state index in [2.05, 4.69) is 15.4 Å². The molecule has 0 unspecified atom stereocenters. The molecule has 1 aliphatic rings. The zero-order valence-electron chi connectivity index (χ0n) is 12.6. The number of aromatic nitrogens is 3. The van der Waals surface area contributed by atoms with Gasteiger partial charge in [-0.3, -0.25) is 4.79 Å². The summed E-state index contributed by atoms with van der Waals surface area (Å²) in [5.41, 5.74) is 3.95. The highest BCUT2D eigenvalue weighted by molar-refractivity contribution is 6.01. The van der Waals surface area contributed by atoms with Gasteiger partial charge in [-0.25, -0.2) is 9.67 Å². The number of fused-ring (bicyclic) bond motifs is 1. The Balaban J connectivity index is 1.58. The highest BCUT2D eigenvalue weighted by Gasteiger charge is 2.21. The molecule has 4 rings (SSSR count). The lowest BCUT2D eigenvalue weighted by Gasteiger charge is -2.11. The second-order valence-corrected chi connectivity index (χ2v) is 5.53. The number of rotatable bonds is 4. The Morgan fingerprint density at radius 3 is 2.78 bits per heavy atom. The summed E-state index contributed by atoms with van der Waals surface area (Å²) in [7, 11) is 0. The van der Waals surface area contributed by atoms with Crippen LogP contribution in [0.15, 0.2) is 54.9 Å². The van der Waals surface area contributed by atoms with E-state index < -0.39 is 0 Å². The van der Waals surface area contributed by atoms with Gasteiger partial charge in [0.05, 0.1) is 12.2 Å². The van der Waals surface area contributed by atoms with E-state index in [-0.39, 0.29) is 5.78 Å². The predicted octanol–water partition coefficient (Wildman–Crippen LogP) is 3.01. The number of nitrogens with zero attached hydrogens (tertiary/aromatic N) is 3. The first-order valence-electron chi connectivity index (χ1n) is 7.66. The van der Waals surface area contributed by atoms with Crippen LogP contribution in [0.4, 0.5) is 5.69 Å². The summed E-state index contributed by atoms with van der Waals surface area (Å²) >= 11 is 0. The van der Waals surface area contributed by atoms with Crippen molar-refractivity contribution < 1.29 is 4.79 Å². The summed E-state index contributed by atoms with van der Waals surface area (Å²) in [4.78, 5) is 16.2. The maximum atomic E-state index is 11.8. The Hall–Kier alpha value is -2.95. The van der Waals surface area contributed by atoms with Crippen molar-refractivity contribution in [2.24, 2.45) is 0 Å². The number of hydrogen-bond donors (Lipinski definition) is 1. The van der Waals surface area contributed by atoms with Crippen LogP contribution in [0.3, 0.4) is 0 Å². The molecule has 0 aliphatic heterocycles. The van der Waals surface area contributed by atoms with E-state index in [4.69, 9.17) is 0 Å². The third-order valence-corrected chi connectivity index (χ3v) is 4.13. The number of Topliss-reactive ketones (excluding diaryl/α,β-unsaturated/α-hetero) is 1. The summed E-state index contributed by atoms with van der Waals surface area (Å²) in [6.45, 7) is 0.555. The lowest BCUT2D eigenvalue weighted by atomic mass is 10.1. The maximum absolute atomic E-state index is 11.8. The van der Waals surface area contributed by atoms with Crippen molar-refractivity contribution in [2.75, 3.05) is 5.32 Å². The van der Waals surface area contributed by atoms with E-state index in [0.29, 0.717) is 13.0 Å². The number of para-hydroxylation sites is 1. The summed E-state index contributed by atoms with van der Waals surface area (Å²) in [5.74, 6) is 1.06. The molecule has 1 heterocycles. The topological polar surface area (TPSA) is 59.8 Å². The molecule has 0 fully saturated rings. The Labute approximate surface area is 134 Å². The lowest BCUT2D eigenvalue weighted by molar-refractivity contribution is 0.0994. The second kappa shape index (κ2) is 5.68. The Morgan fingerprint density at radius 1 is 1.04 bits per heavy atom. The molecular weight excluding hydrogens is 288 g/mol. The number of hydrogen-bond acceptors (Lipinski definition) is 4. The summed E-state index contributed by atoms with van der Waals surface area (Å²) in [5, 5.41) is 7.70. The number of benzene rings is 2. The van der Waals surface area contributed by atoms with Gasteiger partial charge in [0.1, 0.15) is 6.33 Å². The highest BCUT2D eigenvalue weighted by Crippen LogP contribution is 2.29. The Bertz CT molecular complexity index is 854.